The van der Waals surface area contributed by atoms with Gasteiger partial charge in [0.1, 0.15) is 42.1 Å². The molecule has 2 saturated heterocycles. The van der Waals surface area contributed by atoms with Gasteiger partial charge in [-0.2, -0.15) is 0 Å². The van der Waals surface area contributed by atoms with Crippen LogP contribution in [0.25, 0.3) is 0 Å². The summed E-state index contributed by atoms with van der Waals surface area (Å²) < 4.78 is 66.2. The summed E-state index contributed by atoms with van der Waals surface area (Å²) in [6.45, 7) is 51.3. The molecule has 2 aliphatic rings. The van der Waals surface area contributed by atoms with Gasteiger partial charge < -0.3 is 41.4 Å². The van der Waals surface area contributed by atoms with Crippen LogP contribution in [0.1, 0.15) is 108 Å². The predicted octanol–water partition coefficient (Wildman–Crippen LogP) is 14.0. The van der Waals surface area contributed by atoms with E-state index in [2.05, 4.69) is 174 Å². The Bertz CT molecular complexity index is 1770. The molecule has 0 saturated carbocycles. The summed E-state index contributed by atoms with van der Waals surface area (Å²) in [4.78, 5) is 0. The van der Waals surface area contributed by atoms with Crippen LogP contribution in [0.5, 0.6) is 0 Å². The van der Waals surface area contributed by atoms with Crippen LogP contribution in [-0.4, -0.2) is 106 Å². The van der Waals surface area contributed by atoms with E-state index in [9.17, 15) is 0 Å². The second-order valence-electron chi connectivity index (χ2n) is 24.9. The maximum absolute atomic E-state index is 7.75. The SMILES string of the molecule is CCS[C@@H]1O[C@H](CO[Si](C)(C)C(C)(C)C)[C@@H](O[Si](C)(C)C(C)(C)C)[C@H](O[Si](C)(C)C(C)(C)C)[C@H]1O[C@@H]1O[C@@H](C)[C@H](O[Si](C)(C)C(C)(C)C)[C@@H](OCc2ccccc2)[C@H]1OCc1ccccc1. The van der Waals surface area contributed by atoms with Crippen LogP contribution in [-0.2, 0) is 54.6 Å². The van der Waals surface area contributed by atoms with E-state index < -0.39 is 93.8 Å². The second-order valence-corrected chi connectivity index (χ2v) is 45.4. The maximum atomic E-state index is 7.75. The lowest BCUT2D eigenvalue weighted by Crippen LogP contribution is -2.68. The molecule has 2 aliphatic heterocycles. The molecule has 0 N–H and O–H groups in total. The number of benzene rings is 2. The minimum absolute atomic E-state index is 0.0206. The fourth-order valence-corrected chi connectivity index (χ4v) is 13.0. The summed E-state index contributed by atoms with van der Waals surface area (Å²) in [5.41, 5.74) is 1.70. The maximum Gasteiger partial charge on any atom is 0.192 e. The van der Waals surface area contributed by atoms with Gasteiger partial charge in [-0.3, -0.25) is 0 Å². The highest BCUT2D eigenvalue weighted by Gasteiger charge is 2.58. The van der Waals surface area contributed by atoms with Crippen molar-refractivity contribution in [3.8, 4) is 0 Å². The molecule has 4 rings (SSSR count). The van der Waals surface area contributed by atoms with Gasteiger partial charge in [0.25, 0.3) is 0 Å². The van der Waals surface area contributed by atoms with Crippen LogP contribution in [0, 0.1) is 0 Å². The minimum Gasteiger partial charge on any atom is -0.414 e. The number of ether oxygens (including phenoxy) is 5. The third-order valence-corrected chi connectivity index (χ3v) is 34.6. The van der Waals surface area contributed by atoms with Gasteiger partial charge in [-0.05, 0) is 96.3 Å². The summed E-state index contributed by atoms with van der Waals surface area (Å²) in [5.74, 6) is 0.808. The van der Waals surface area contributed by atoms with Crippen LogP contribution in [0.15, 0.2) is 60.7 Å². The molecule has 0 spiro atoms. The Morgan fingerprint density at radius 1 is 0.500 bits per heavy atom. The van der Waals surface area contributed by atoms with Crippen molar-refractivity contribution >= 4 is 45.0 Å². The molecule has 2 fully saturated rings. The van der Waals surface area contributed by atoms with E-state index in [0.29, 0.717) is 19.8 Å². The normalized spacial score (nSPS) is 27.8. The van der Waals surface area contributed by atoms with E-state index in [1.165, 1.54) is 0 Å². The van der Waals surface area contributed by atoms with Gasteiger partial charge >= 0.3 is 0 Å². The van der Waals surface area contributed by atoms with E-state index >= 15 is 0 Å². The van der Waals surface area contributed by atoms with E-state index in [0.717, 1.165) is 16.9 Å². The lowest BCUT2D eigenvalue weighted by atomic mass is 9.97. The Labute approximate surface area is 411 Å². The summed E-state index contributed by atoms with van der Waals surface area (Å²) in [6.07, 6.45) is -4.89. The predicted molar refractivity (Wildman–Crippen MR) is 285 cm³/mol. The van der Waals surface area contributed by atoms with Gasteiger partial charge in [0.15, 0.2) is 39.6 Å². The lowest BCUT2D eigenvalue weighted by molar-refractivity contribution is -0.339. The largest absolute Gasteiger partial charge is 0.414 e. The lowest BCUT2D eigenvalue weighted by Gasteiger charge is -2.54. The quantitative estimate of drug-likeness (QED) is 0.127. The second kappa shape index (κ2) is 22.4. The topological polar surface area (TPSA) is 83.1 Å². The molecule has 9 nitrogen and oxygen atoms in total. The molecular formula is C52H94O9SSi4. The molecule has 0 amide bonds. The van der Waals surface area contributed by atoms with Crippen LogP contribution in [0.4, 0.5) is 0 Å². The molecule has 0 unspecified atom stereocenters. The van der Waals surface area contributed by atoms with Crippen LogP contribution < -0.4 is 0 Å². The highest BCUT2D eigenvalue weighted by molar-refractivity contribution is 7.99. The Balaban J connectivity index is 1.93. The van der Waals surface area contributed by atoms with Crippen molar-refractivity contribution in [2.24, 2.45) is 0 Å². The third-order valence-electron chi connectivity index (χ3n) is 15.6. The third kappa shape index (κ3) is 14.7. The number of rotatable bonds is 19. The van der Waals surface area contributed by atoms with Crippen molar-refractivity contribution in [3.63, 3.8) is 0 Å². The Morgan fingerprint density at radius 3 is 1.33 bits per heavy atom. The number of thioether (sulfide) groups is 1. The van der Waals surface area contributed by atoms with Crippen molar-refractivity contribution in [2.45, 2.75) is 243 Å². The summed E-state index contributed by atoms with van der Waals surface area (Å²) in [6, 6.07) is 20.6. The monoisotopic (exact) mass is 1010 g/mol. The Morgan fingerprint density at radius 2 is 0.909 bits per heavy atom. The molecule has 2 heterocycles. The van der Waals surface area contributed by atoms with Gasteiger partial charge in [-0.1, -0.05) is 151 Å². The summed E-state index contributed by atoms with van der Waals surface area (Å²) in [7, 11) is -9.48. The highest BCUT2D eigenvalue weighted by atomic mass is 32.2. The molecule has 2 aromatic carbocycles. The molecule has 0 aliphatic carbocycles. The Kier molecular flexibility index (Phi) is 19.6. The molecule has 0 bridgehead atoms. The Hall–Kier alpha value is -0.702. The smallest absolute Gasteiger partial charge is 0.192 e. The first-order valence-corrected chi connectivity index (χ1v) is 37.4. The fraction of sp³-hybridized carbons (Fsp3) is 0.769. The average molecular weight is 1010 g/mol. The van der Waals surface area contributed by atoms with Gasteiger partial charge in [-0.25, -0.2) is 0 Å². The zero-order valence-corrected chi connectivity index (χ0v) is 50.3. The van der Waals surface area contributed by atoms with Gasteiger partial charge in [-0.15, -0.1) is 11.8 Å². The van der Waals surface area contributed by atoms with Crippen molar-refractivity contribution in [2.75, 3.05) is 12.4 Å². The molecule has 0 radical (unpaired) electrons. The van der Waals surface area contributed by atoms with Crippen LogP contribution in [0.3, 0.4) is 0 Å². The highest BCUT2D eigenvalue weighted by Crippen LogP contribution is 2.47. The van der Waals surface area contributed by atoms with Gasteiger partial charge in [0.2, 0.25) is 0 Å². The zero-order valence-electron chi connectivity index (χ0n) is 45.5. The van der Waals surface area contributed by atoms with Gasteiger partial charge in [0, 0.05) is 0 Å². The molecule has 14 heteroatoms. The molecule has 10 atom stereocenters. The van der Waals surface area contributed by atoms with E-state index in [1.54, 1.807) is 11.8 Å². The first-order chi connectivity index (χ1) is 30.1. The molecule has 378 valence electrons. The van der Waals surface area contributed by atoms with Crippen molar-refractivity contribution in [1.29, 1.82) is 0 Å². The minimum atomic E-state index is -2.50. The standard InChI is InChI=1S/C52H94O9SSi4/c1-23-62-48-46(44(61-66(21,22)52(12,13)14)42(60-65(19,20)51(9,10)11)40(57-48)36-55-63(15,16)49(3,4)5)58-47-45(54-35-39-32-28-25-29-33-39)43(53-34-38-30-26-24-27-31-38)41(37(2)56-47)59-64(17,18)50(6,7)8/h24-33,37,40-48H,23,34-36H2,1-22H3/t37-,40+,41-,42+,43+,44-,45+,46+,47-,48-/m0/s1. The molecule has 2 aromatic rings. The number of hydrogen-bond acceptors (Lipinski definition) is 10. The first kappa shape index (κ1) is 57.9. The van der Waals surface area contributed by atoms with Gasteiger partial charge in [0.05, 0.1) is 32.0 Å². The van der Waals surface area contributed by atoms with E-state index in [1.807, 2.05) is 36.4 Å². The molecular weight excluding hydrogens is 913 g/mol. The van der Waals surface area contributed by atoms with Crippen molar-refractivity contribution in [3.05, 3.63) is 71.8 Å². The van der Waals surface area contributed by atoms with Crippen molar-refractivity contribution in [1.82, 2.24) is 0 Å². The summed E-state index contributed by atoms with van der Waals surface area (Å²) in [5, 5.41) is -0.204. The van der Waals surface area contributed by atoms with Crippen molar-refractivity contribution < 1.29 is 41.4 Å². The van der Waals surface area contributed by atoms with Crippen LogP contribution >= 0.6 is 11.8 Å². The van der Waals surface area contributed by atoms with Crippen LogP contribution in [0.2, 0.25) is 72.5 Å². The summed E-state index contributed by atoms with van der Waals surface area (Å²) >= 11 is 1.74. The number of hydrogen-bond donors (Lipinski definition) is 0. The average Bonchev–Trinajstić information content (AvgIpc) is 3.18. The first-order valence-electron chi connectivity index (χ1n) is 24.7. The molecule has 66 heavy (non-hydrogen) atoms. The molecule has 0 aromatic heterocycles. The van der Waals surface area contributed by atoms with E-state index in [-0.39, 0.29) is 20.2 Å². The zero-order chi connectivity index (χ0) is 49.9. The fourth-order valence-electron chi connectivity index (χ4n) is 7.09. The van der Waals surface area contributed by atoms with E-state index in [4.69, 9.17) is 41.4 Å².